The summed E-state index contributed by atoms with van der Waals surface area (Å²) in [5.74, 6) is -4.04. The summed E-state index contributed by atoms with van der Waals surface area (Å²) in [7, 11) is 0. The second-order valence-corrected chi connectivity index (χ2v) is 12.3. The van der Waals surface area contributed by atoms with Crippen molar-refractivity contribution in [3.8, 4) is 0 Å². The number of carbonyl (C=O) groups excluding carboxylic acids is 6. The van der Waals surface area contributed by atoms with E-state index in [-0.39, 0.29) is 30.7 Å². The molecule has 42 heavy (non-hydrogen) atoms. The number of rotatable bonds is 9. The number of carbonyl (C=O) groups is 6. The molecule has 1 rings (SSSR count). The van der Waals surface area contributed by atoms with Gasteiger partial charge in [-0.25, -0.2) is 4.79 Å². The van der Waals surface area contributed by atoms with Gasteiger partial charge in [-0.2, -0.15) is 0 Å². The molecule has 12 heteroatoms. The SMILES string of the molecule is CCCCCC[C@@H]1CC(=O)NCC(=O)N[C@@H](C(C)C)C(=O)N[C@H](CC(C)C)C(=O)N[C@@H](C)C(=O)N[C@@H](C(C)C)C(=O)O1. The van der Waals surface area contributed by atoms with Gasteiger partial charge in [0.15, 0.2) is 0 Å². The van der Waals surface area contributed by atoms with Gasteiger partial charge in [0.05, 0.1) is 13.0 Å². The minimum Gasteiger partial charge on any atom is -0.460 e. The van der Waals surface area contributed by atoms with E-state index >= 15 is 0 Å². The Hall–Kier alpha value is -3.18. The number of cyclic esters (lactones) is 1. The molecule has 5 atom stereocenters. The maximum absolute atomic E-state index is 13.2. The standard InChI is InChI=1S/C30H53N5O7/c1-9-10-11-12-13-21-15-23(36)31-16-24(37)34-25(18(4)5)29(40)33-22(14-17(2)3)28(39)32-20(8)27(38)35-26(19(6)7)30(41)42-21/h17-22,25-26H,9-16H2,1-8H3,(H,31,36)(H,32,39)(H,33,40)(H,34,37)(H,35,38)/t20-,21+,22+,25-,26-/m0/s1. The highest BCUT2D eigenvalue weighted by Gasteiger charge is 2.33. The van der Waals surface area contributed by atoms with Crippen molar-refractivity contribution in [3.05, 3.63) is 0 Å². The van der Waals surface area contributed by atoms with E-state index in [1.165, 1.54) is 6.92 Å². The molecule has 0 unspecified atom stereocenters. The fourth-order valence-electron chi connectivity index (χ4n) is 4.58. The number of hydrogen-bond acceptors (Lipinski definition) is 7. The number of ether oxygens (including phenoxy) is 1. The molecule has 1 fully saturated rings. The van der Waals surface area contributed by atoms with Crippen molar-refractivity contribution in [2.24, 2.45) is 17.8 Å². The molecule has 1 aliphatic rings. The molecule has 1 saturated heterocycles. The van der Waals surface area contributed by atoms with Gasteiger partial charge in [0.1, 0.15) is 30.3 Å². The Morgan fingerprint density at radius 1 is 0.738 bits per heavy atom. The number of amides is 5. The van der Waals surface area contributed by atoms with Crippen LogP contribution in [0.1, 0.15) is 100 Å². The molecular weight excluding hydrogens is 542 g/mol. The van der Waals surface area contributed by atoms with Crippen molar-refractivity contribution in [3.63, 3.8) is 0 Å². The molecule has 0 aromatic carbocycles. The average Bonchev–Trinajstić information content (AvgIpc) is 2.89. The molecule has 12 nitrogen and oxygen atoms in total. The van der Waals surface area contributed by atoms with Crippen molar-refractivity contribution >= 4 is 35.5 Å². The Morgan fingerprint density at radius 3 is 1.95 bits per heavy atom. The van der Waals surface area contributed by atoms with Gasteiger partial charge in [-0.1, -0.05) is 67.7 Å². The first-order valence-corrected chi connectivity index (χ1v) is 15.3. The second-order valence-electron chi connectivity index (χ2n) is 12.3. The van der Waals surface area contributed by atoms with Gasteiger partial charge in [0, 0.05) is 0 Å². The van der Waals surface area contributed by atoms with E-state index in [0.717, 1.165) is 25.7 Å². The molecule has 0 saturated carbocycles. The van der Waals surface area contributed by atoms with Crippen molar-refractivity contribution in [2.75, 3.05) is 6.54 Å². The summed E-state index contributed by atoms with van der Waals surface area (Å²) >= 11 is 0. The van der Waals surface area contributed by atoms with Crippen molar-refractivity contribution in [2.45, 2.75) is 131 Å². The van der Waals surface area contributed by atoms with E-state index < -0.39 is 65.8 Å². The normalized spacial score (nSPS) is 25.9. The third-order valence-corrected chi connectivity index (χ3v) is 7.10. The zero-order valence-corrected chi connectivity index (χ0v) is 26.6. The molecule has 240 valence electrons. The zero-order chi connectivity index (χ0) is 32.0. The summed E-state index contributed by atoms with van der Waals surface area (Å²) in [6, 6.07) is -3.95. The van der Waals surface area contributed by atoms with E-state index in [4.69, 9.17) is 4.74 Å². The van der Waals surface area contributed by atoms with Crippen LogP contribution in [0, 0.1) is 17.8 Å². The predicted molar refractivity (Wildman–Crippen MR) is 159 cm³/mol. The largest absolute Gasteiger partial charge is 0.460 e. The highest BCUT2D eigenvalue weighted by molar-refractivity contribution is 5.95. The predicted octanol–water partition coefficient (Wildman–Crippen LogP) is 1.71. The summed E-state index contributed by atoms with van der Waals surface area (Å²) in [5.41, 5.74) is 0. The number of esters is 1. The molecule has 0 aliphatic carbocycles. The van der Waals surface area contributed by atoms with Crippen LogP contribution in [0.2, 0.25) is 0 Å². The van der Waals surface area contributed by atoms with E-state index in [2.05, 4.69) is 33.5 Å². The molecule has 0 aromatic rings. The maximum atomic E-state index is 13.2. The first-order valence-electron chi connectivity index (χ1n) is 15.3. The average molecular weight is 596 g/mol. The Labute approximate surface area is 250 Å². The summed E-state index contributed by atoms with van der Waals surface area (Å²) in [4.78, 5) is 78.2. The third-order valence-electron chi connectivity index (χ3n) is 7.10. The fraction of sp³-hybridized carbons (Fsp3) is 0.800. The second kappa shape index (κ2) is 18.4. The van der Waals surface area contributed by atoms with Crippen LogP contribution in [0.25, 0.3) is 0 Å². The molecule has 0 aromatic heterocycles. The first-order chi connectivity index (χ1) is 19.7. The maximum Gasteiger partial charge on any atom is 0.329 e. The van der Waals surface area contributed by atoms with Crippen molar-refractivity contribution in [1.29, 1.82) is 0 Å². The van der Waals surface area contributed by atoms with Gasteiger partial charge in [0.25, 0.3) is 0 Å². The van der Waals surface area contributed by atoms with Gasteiger partial charge < -0.3 is 31.3 Å². The van der Waals surface area contributed by atoms with Crippen LogP contribution in [-0.2, 0) is 33.5 Å². The van der Waals surface area contributed by atoms with Gasteiger partial charge in [-0.05, 0) is 43.9 Å². The Bertz CT molecular complexity index is 937. The minimum absolute atomic E-state index is 0.0316. The summed E-state index contributed by atoms with van der Waals surface area (Å²) in [5, 5.41) is 13.2. The van der Waals surface area contributed by atoms with Crippen LogP contribution in [-0.4, -0.2) is 72.3 Å². The van der Waals surface area contributed by atoms with E-state index in [0.29, 0.717) is 12.8 Å². The summed E-state index contributed by atoms with van der Waals surface area (Å²) in [6.07, 6.45) is 3.51. The lowest BCUT2D eigenvalue weighted by atomic mass is 9.99. The van der Waals surface area contributed by atoms with E-state index in [1.807, 2.05) is 13.8 Å². The van der Waals surface area contributed by atoms with Crippen LogP contribution < -0.4 is 26.6 Å². The first kappa shape index (κ1) is 36.8. The molecule has 5 amide bonds. The quantitative estimate of drug-likeness (QED) is 0.199. The third kappa shape index (κ3) is 13.2. The van der Waals surface area contributed by atoms with Gasteiger partial charge in [-0.3, -0.25) is 24.0 Å². The van der Waals surface area contributed by atoms with E-state index in [1.54, 1.807) is 27.7 Å². The van der Waals surface area contributed by atoms with Gasteiger partial charge in [-0.15, -0.1) is 0 Å². The molecule has 1 heterocycles. The lowest BCUT2D eigenvalue weighted by Crippen LogP contribution is -2.58. The molecule has 0 bridgehead atoms. The van der Waals surface area contributed by atoms with Crippen LogP contribution >= 0.6 is 0 Å². The molecule has 0 radical (unpaired) electrons. The van der Waals surface area contributed by atoms with Crippen LogP contribution in [0.4, 0.5) is 0 Å². The summed E-state index contributed by atoms with van der Waals surface area (Å²) in [6.45, 7) is 14.0. The zero-order valence-electron chi connectivity index (χ0n) is 26.6. The lowest BCUT2D eigenvalue weighted by Gasteiger charge is -2.27. The molecule has 1 aliphatic heterocycles. The van der Waals surface area contributed by atoms with Crippen molar-refractivity contribution in [1.82, 2.24) is 26.6 Å². The highest BCUT2D eigenvalue weighted by atomic mass is 16.5. The summed E-state index contributed by atoms with van der Waals surface area (Å²) < 4.78 is 5.74. The van der Waals surface area contributed by atoms with E-state index in [9.17, 15) is 28.8 Å². The van der Waals surface area contributed by atoms with Crippen LogP contribution in [0.15, 0.2) is 0 Å². The smallest absolute Gasteiger partial charge is 0.329 e. The van der Waals surface area contributed by atoms with Crippen LogP contribution in [0.3, 0.4) is 0 Å². The Balaban J connectivity index is 3.33. The molecule has 0 spiro atoms. The fourth-order valence-corrected chi connectivity index (χ4v) is 4.58. The number of nitrogens with one attached hydrogen (secondary N) is 5. The van der Waals surface area contributed by atoms with Crippen molar-refractivity contribution < 1.29 is 33.5 Å². The van der Waals surface area contributed by atoms with Gasteiger partial charge >= 0.3 is 5.97 Å². The molecular formula is C30H53N5O7. The lowest BCUT2D eigenvalue weighted by molar-refractivity contribution is -0.156. The minimum atomic E-state index is -1.02. The monoisotopic (exact) mass is 595 g/mol. The molecule has 5 N–H and O–H groups in total. The number of unbranched alkanes of at least 4 members (excludes halogenated alkanes) is 3. The number of hydrogen-bond donors (Lipinski definition) is 5. The van der Waals surface area contributed by atoms with Crippen LogP contribution in [0.5, 0.6) is 0 Å². The van der Waals surface area contributed by atoms with Gasteiger partial charge in [0.2, 0.25) is 29.5 Å². The topological polar surface area (TPSA) is 172 Å². The Morgan fingerprint density at radius 2 is 1.38 bits per heavy atom. The highest BCUT2D eigenvalue weighted by Crippen LogP contribution is 2.15. The Kier molecular flexibility index (Phi) is 16.1.